The number of aliphatic hydroxyl groups is 1. The minimum Gasteiger partial charge on any atom is -0.394 e. The lowest BCUT2D eigenvalue weighted by Gasteiger charge is -2.30. The molecule has 0 saturated heterocycles. The number of aromatic nitrogens is 2. The van der Waals surface area contributed by atoms with Crippen molar-refractivity contribution in [2.24, 2.45) is 0 Å². The van der Waals surface area contributed by atoms with Gasteiger partial charge in [-0.2, -0.15) is 5.26 Å². The lowest BCUT2D eigenvalue weighted by molar-refractivity contribution is -0.0790. The van der Waals surface area contributed by atoms with Crippen LogP contribution in [-0.2, 0) is 9.47 Å². The number of anilines is 1. The first kappa shape index (κ1) is 29.9. The number of pyridine rings is 2. The first-order valence-electron chi connectivity index (χ1n) is 12.4. The molecule has 0 atom stereocenters. The number of para-hydroxylation sites is 1. The molecule has 0 radical (unpaired) electrons. The average molecular weight is 562 g/mol. The summed E-state index contributed by atoms with van der Waals surface area (Å²) in [4.78, 5) is 17.6. The van der Waals surface area contributed by atoms with Gasteiger partial charge in [0.1, 0.15) is 11.9 Å². The van der Waals surface area contributed by atoms with Crippen LogP contribution in [0.25, 0.3) is 16.6 Å². The molecular weight excluding hydrogens is 527 g/mol. The van der Waals surface area contributed by atoms with Gasteiger partial charge in [-0.3, -0.25) is 4.79 Å². The van der Waals surface area contributed by atoms with Gasteiger partial charge in [0.15, 0.2) is 5.43 Å². The van der Waals surface area contributed by atoms with Crippen molar-refractivity contribution in [2.45, 2.75) is 58.7 Å². The summed E-state index contributed by atoms with van der Waals surface area (Å²) in [5, 5.41) is 22.9. The molecule has 0 saturated carbocycles. The lowest BCUT2D eigenvalue weighted by atomic mass is 10.0. The van der Waals surface area contributed by atoms with Gasteiger partial charge in [-0.1, -0.05) is 29.3 Å². The van der Waals surface area contributed by atoms with Crippen LogP contribution < -0.4 is 10.7 Å². The van der Waals surface area contributed by atoms with Gasteiger partial charge in [0.2, 0.25) is 0 Å². The predicted molar refractivity (Wildman–Crippen MR) is 152 cm³/mol. The summed E-state index contributed by atoms with van der Waals surface area (Å²) in [6.45, 7) is 11.0. The van der Waals surface area contributed by atoms with Crippen molar-refractivity contribution < 1.29 is 14.6 Å². The molecule has 0 amide bonds. The Bertz CT molecular complexity index is 1400. The molecule has 0 fully saturated rings. The second kappa shape index (κ2) is 12.5. The summed E-state index contributed by atoms with van der Waals surface area (Å²) in [5.41, 5.74) is 0.755. The topological polar surface area (TPSA) is 109 Å². The number of aryl methyl sites for hydroxylation is 1. The minimum absolute atomic E-state index is 0.0165. The summed E-state index contributed by atoms with van der Waals surface area (Å²) in [6.07, 6.45) is 2.80. The van der Waals surface area contributed by atoms with E-state index in [9.17, 15) is 10.1 Å². The Morgan fingerprint density at radius 3 is 2.47 bits per heavy atom. The van der Waals surface area contributed by atoms with E-state index in [1.165, 1.54) is 12.3 Å². The zero-order valence-electron chi connectivity index (χ0n) is 22.4. The van der Waals surface area contributed by atoms with Crippen LogP contribution in [0.15, 0.2) is 35.3 Å². The Labute approximate surface area is 233 Å². The van der Waals surface area contributed by atoms with Crippen LogP contribution in [0.3, 0.4) is 0 Å². The van der Waals surface area contributed by atoms with Gasteiger partial charge in [0, 0.05) is 18.3 Å². The number of ether oxygens (including phenoxy) is 2. The molecule has 0 aliphatic heterocycles. The van der Waals surface area contributed by atoms with Crippen LogP contribution in [0.4, 0.5) is 5.82 Å². The normalized spacial score (nSPS) is 12.1. The molecule has 3 aromatic rings. The van der Waals surface area contributed by atoms with Gasteiger partial charge < -0.3 is 24.5 Å². The fourth-order valence-corrected chi connectivity index (χ4v) is 4.70. The molecule has 2 aromatic heterocycles. The highest BCUT2D eigenvalue weighted by molar-refractivity contribution is 6.36. The van der Waals surface area contributed by atoms with E-state index in [1.807, 2.05) is 27.7 Å². The molecule has 2 heterocycles. The van der Waals surface area contributed by atoms with E-state index in [-0.39, 0.29) is 23.7 Å². The minimum atomic E-state index is -0.446. The molecule has 0 aliphatic rings. The largest absolute Gasteiger partial charge is 0.394 e. The van der Waals surface area contributed by atoms with Crippen molar-refractivity contribution in [1.82, 2.24) is 9.55 Å². The summed E-state index contributed by atoms with van der Waals surface area (Å²) >= 11 is 13.1. The molecule has 204 valence electrons. The Kier molecular flexibility index (Phi) is 9.80. The maximum Gasteiger partial charge on any atom is 0.193 e. The fourth-order valence-electron chi connectivity index (χ4n) is 4.21. The van der Waals surface area contributed by atoms with Crippen LogP contribution in [0.5, 0.6) is 0 Å². The van der Waals surface area contributed by atoms with Gasteiger partial charge >= 0.3 is 0 Å². The van der Waals surface area contributed by atoms with Crippen LogP contribution in [0.1, 0.15) is 51.8 Å². The lowest BCUT2D eigenvalue weighted by Crippen LogP contribution is -2.32. The van der Waals surface area contributed by atoms with Gasteiger partial charge in [0.05, 0.1) is 69.4 Å². The number of benzene rings is 1. The third kappa shape index (κ3) is 7.04. The van der Waals surface area contributed by atoms with Crippen molar-refractivity contribution in [3.63, 3.8) is 0 Å². The summed E-state index contributed by atoms with van der Waals surface area (Å²) in [5.74, 6) is 0.392. The maximum absolute atomic E-state index is 13.2. The first-order valence-corrected chi connectivity index (χ1v) is 13.2. The summed E-state index contributed by atoms with van der Waals surface area (Å²) < 4.78 is 13.5. The van der Waals surface area contributed by atoms with Gasteiger partial charge in [-0.25, -0.2) is 4.98 Å². The van der Waals surface area contributed by atoms with Gasteiger partial charge in [-0.15, -0.1) is 0 Å². The quantitative estimate of drug-likeness (QED) is 0.294. The number of fused-ring (bicyclic) bond motifs is 1. The molecule has 2 N–H and O–H groups in total. The molecule has 1 aromatic carbocycles. The average Bonchev–Trinajstić information content (AvgIpc) is 2.84. The summed E-state index contributed by atoms with van der Waals surface area (Å²) in [6, 6.07) is 8.72. The van der Waals surface area contributed by atoms with E-state index in [2.05, 4.69) is 16.4 Å². The predicted octanol–water partition coefficient (Wildman–Crippen LogP) is 5.65. The molecule has 8 nitrogen and oxygen atoms in total. The smallest absolute Gasteiger partial charge is 0.193 e. The number of halogens is 2. The van der Waals surface area contributed by atoms with Crippen molar-refractivity contribution in [1.29, 1.82) is 5.26 Å². The van der Waals surface area contributed by atoms with E-state index in [4.69, 9.17) is 37.8 Å². The van der Waals surface area contributed by atoms with Crippen molar-refractivity contribution in [3.05, 3.63) is 62.0 Å². The second-order valence-electron chi connectivity index (χ2n) is 10.3. The zero-order valence-corrected chi connectivity index (χ0v) is 23.9. The molecule has 0 bridgehead atoms. The Hall–Kier alpha value is -2.67. The van der Waals surface area contributed by atoms with E-state index >= 15 is 0 Å². The van der Waals surface area contributed by atoms with E-state index in [0.717, 1.165) is 0 Å². The van der Waals surface area contributed by atoms with Gasteiger partial charge in [-0.05, 0) is 59.6 Å². The molecule has 3 rings (SSSR count). The maximum atomic E-state index is 13.2. The molecule has 10 heteroatoms. The SMILES string of the molecule is Cc1cc(=O)c2c(NCCC(C)(C)OCCC(C)(C)OCCO)ncc(Cl)c2n1-c1c(Cl)cccc1C#N. The second-order valence-corrected chi connectivity index (χ2v) is 11.1. The first-order chi connectivity index (χ1) is 17.9. The van der Waals surface area contributed by atoms with Crippen LogP contribution in [0.2, 0.25) is 10.0 Å². The monoisotopic (exact) mass is 560 g/mol. The zero-order chi connectivity index (χ0) is 28.1. The van der Waals surface area contributed by atoms with Crippen LogP contribution in [0, 0.1) is 18.3 Å². The van der Waals surface area contributed by atoms with Crippen molar-refractivity contribution >= 4 is 39.9 Å². The van der Waals surface area contributed by atoms with Gasteiger partial charge in [0.25, 0.3) is 0 Å². The number of nitriles is 1. The summed E-state index contributed by atoms with van der Waals surface area (Å²) in [7, 11) is 0. The Morgan fingerprint density at radius 2 is 1.79 bits per heavy atom. The van der Waals surface area contributed by atoms with Crippen LogP contribution >= 0.6 is 23.2 Å². The van der Waals surface area contributed by atoms with E-state index < -0.39 is 11.2 Å². The fraction of sp³-hybridized carbons (Fsp3) is 0.464. The highest BCUT2D eigenvalue weighted by Crippen LogP contribution is 2.33. The molecule has 0 aliphatic carbocycles. The number of hydrogen-bond acceptors (Lipinski definition) is 7. The van der Waals surface area contributed by atoms with Crippen LogP contribution in [-0.4, -0.2) is 52.2 Å². The standard InChI is InChI=1S/C28H34Cl2N4O4/c1-18-15-22(36)23-25(34(18)24-19(16-31)7-6-8-20(24)29)21(30)17-33-26(23)32-11-9-27(2,3)37-13-10-28(4,5)38-14-12-35/h6-8,15,17,35H,9-14H2,1-5H3,(H,32,33). The third-order valence-corrected chi connectivity index (χ3v) is 6.88. The number of hydrogen-bond donors (Lipinski definition) is 2. The molecule has 0 unspecified atom stereocenters. The number of aliphatic hydroxyl groups excluding tert-OH is 1. The molecule has 0 spiro atoms. The van der Waals surface area contributed by atoms with Crippen molar-refractivity contribution in [2.75, 3.05) is 31.7 Å². The number of rotatable bonds is 12. The highest BCUT2D eigenvalue weighted by Gasteiger charge is 2.24. The van der Waals surface area contributed by atoms with E-state index in [0.29, 0.717) is 64.7 Å². The third-order valence-electron chi connectivity index (χ3n) is 6.30. The highest BCUT2D eigenvalue weighted by atomic mass is 35.5. The Morgan fingerprint density at radius 1 is 1.11 bits per heavy atom. The molecular formula is C28H34Cl2N4O4. The van der Waals surface area contributed by atoms with E-state index in [1.54, 1.807) is 29.7 Å². The Balaban J connectivity index is 1.85. The molecule has 38 heavy (non-hydrogen) atoms. The van der Waals surface area contributed by atoms with Crippen molar-refractivity contribution in [3.8, 4) is 11.8 Å². The number of nitrogens with one attached hydrogen (secondary N) is 1. The number of nitrogens with zero attached hydrogens (tertiary/aromatic N) is 3.